The third-order valence-electron chi connectivity index (χ3n) is 2.99. The summed E-state index contributed by atoms with van der Waals surface area (Å²) in [5, 5.41) is 11.7. The van der Waals surface area contributed by atoms with Crippen LogP contribution in [0.1, 0.15) is 26.7 Å². The smallest absolute Gasteiger partial charge is 0.303 e. The molecule has 0 spiro atoms. The number of nitrogens with zero attached hydrogens (tertiary/aromatic N) is 1. The van der Waals surface area contributed by atoms with Crippen LogP contribution in [0.25, 0.3) is 0 Å². The fourth-order valence-electron chi connectivity index (χ4n) is 1.67. The largest absolute Gasteiger partial charge is 0.481 e. The van der Waals surface area contributed by atoms with Gasteiger partial charge in [-0.15, -0.1) is 0 Å². The zero-order valence-corrected chi connectivity index (χ0v) is 9.90. The molecule has 0 aromatic carbocycles. The van der Waals surface area contributed by atoms with E-state index in [1.807, 2.05) is 6.92 Å². The molecule has 1 aliphatic heterocycles. The second-order valence-corrected chi connectivity index (χ2v) is 4.45. The second-order valence-electron chi connectivity index (χ2n) is 4.45. The average Bonchev–Trinajstić information content (AvgIpc) is 2.18. The van der Waals surface area contributed by atoms with Crippen molar-refractivity contribution in [3.63, 3.8) is 0 Å². The normalized spacial score (nSPS) is 18.0. The van der Waals surface area contributed by atoms with Crippen LogP contribution in [0.5, 0.6) is 0 Å². The number of carbonyl (C=O) groups excluding carboxylic acids is 1. The highest BCUT2D eigenvalue weighted by molar-refractivity contribution is 5.79. The van der Waals surface area contributed by atoms with Gasteiger partial charge in [0.1, 0.15) is 0 Å². The summed E-state index contributed by atoms with van der Waals surface area (Å²) in [6.45, 7) is 5.64. The lowest BCUT2D eigenvalue weighted by atomic mass is 9.96. The van der Waals surface area contributed by atoms with Crippen molar-refractivity contribution in [2.75, 3.05) is 19.6 Å². The summed E-state index contributed by atoms with van der Waals surface area (Å²) in [4.78, 5) is 23.7. The predicted octanol–water partition coefficient (Wildman–Crippen LogP) is 0.308. The van der Waals surface area contributed by atoms with E-state index in [2.05, 4.69) is 12.2 Å². The maximum absolute atomic E-state index is 11.6. The lowest BCUT2D eigenvalue weighted by molar-refractivity contribution is -0.144. The van der Waals surface area contributed by atoms with Crippen LogP contribution in [0, 0.1) is 5.92 Å². The van der Waals surface area contributed by atoms with Crippen molar-refractivity contribution in [2.45, 2.75) is 32.7 Å². The fraction of sp³-hybridized carbons (Fsp3) is 0.818. The van der Waals surface area contributed by atoms with Crippen molar-refractivity contribution in [1.82, 2.24) is 10.2 Å². The van der Waals surface area contributed by atoms with Crippen LogP contribution < -0.4 is 5.32 Å². The monoisotopic (exact) mass is 228 g/mol. The molecule has 0 aromatic heterocycles. The minimum atomic E-state index is -0.783. The Kier molecular flexibility index (Phi) is 4.73. The van der Waals surface area contributed by atoms with E-state index in [9.17, 15) is 9.59 Å². The maximum atomic E-state index is 11.6. The molecule has 5 nitrogen and oxygen atoms in total. The first kappa shape index (κ1) is 13.0. The van der Waals surface area contributed by atoms with Gasteiger partial charge in [-0.05, 0) is 13.3 Å². The Morgan fingerprint density at radius 1 is 1.50 bits per heavy atom. The van der Waals surface area contributed by atoms with Gasteiger partial charge >= 0.3 is 5.97 Å². The zero-order valence-electron chi connectivity index (χ0n) is 9.90. The van der Waals surface area contributed by atoms with Gasteiger partial charge in [-0.25, -0.2) is 0 Å². The Bertz CT molecular complexity index is 262. The Labute approximate surface area is 95.8 Å². The molecule has 1 rings (SSSR count). The first-order valence-electron chi connectivity index (χ1n) is 5.75. The van der Waals surface area contributed by atoms with Crippen molar-refractivity contribution >= 4 is 11.9 Å². The second kappa shape index (κ2) is 5.84. The quantitative estimate of drug-likeness (QED) is 0.686. The van der Waals surface area contributed by atoms with E-state index in [-0.39, 0.29) is 18.2 Å². The number of aliphatic carboxylic acids is 1. The van der Waals surface area contributed by atoms with Gasteiger partial charge in [0, 0.05) is 25.0 Å². The summed E-state index contributed by atoms with van der Waals surface area (Å²) in [7, 11) is 0. The Hall–Kier alpha value is -1.10. The van der Waals surface area contributed by atoms with E-state index in [1.165, 1.54) is 0 Å². The van der Waals surface area contributed by atoms with Crippen LogP contribution in [-0.2, 0) is 9.59 Å². The first-order valence-corrected chi connectivity index (χ1v) is 5.75. The van der Waals surface area contributed by atoms with Crippen LogP contribution in [0.4, 0.5) is 0 Å². The fourth-order valence-corrected chi connectivity index (χ4v) is 1.67. The van der Waals surface area contributed by atoms with E-state index < -0.39 is 5.97 Å². The van der Waals surface area contributed by atoms with E-state index >= 15 is 0 Å². The van der Waals surface area contributed by atoms with Crippen molar-refractivity contribution in [1.29, 1.82) is 0 Å². The van der Waals surface area contributed by atoms with Crippen molar-refractivity contribution < 1.29 is 14.7 Å². The lowest BCUT2D eigenvalue weighted by Gasteiger charge is -2.38. The molecule has 1 amide bonds. The van der Waals surface area contributed by atoms with Gasteiger partial charge in [-0.2, -0.15) is 0 Å². The van der Waals surface area contributed by atoms with Crippen LogP contribution in [0.15, 0.2) is 0 Å². The number of hydrogen-bond donors (Lipinski definition) is 2. The molecular formula is C11H20N2O3. The molecular weight excluding hydrogens is 208 g/mol. The molecule has 0 bridgehead atoms. The summed E-state index contributed by atoms with van der Waals surface area (Å²) in [6, 6.07) is 0.347. The molecule has 5 heteroatoms. The van der Waals surface area contributed by atoms with Crippen LogP contribution in [0.2, 0.25) is 0 Å². The summed E-state index contributed by atoms with van der Waals surface area (Å²) >= 11 is 0. The molecule has 92 valence electrons. The summed E-state index contributed by atoms with van der Waals surface area (Å²) in [5.41, 5.74) is 0. The van der Waals surface area contributed by atoms with Crippen LogP contribution in [-0.4, -0.2) is 47.6 Å². The van der Waals surface area contributed by atoms with E-state index in [1.54, 1.807) is 4.90 Å². The van der Waals surface area contributed by atoms with Gasteiger partial charge in [-0.1, -0.05) is 6.92 Å². The Morgan fingerprint density at radius 3 is 2.62 bits per heavy atom. The minimum absolute atomic E-state index is 0.0712. The lowest BCUT2D eigenvalue weighted by Crippen LogP contribution is -2.53. The molecule has 0 aliphatic carbocycles. The highest BCUT2D eigenvalue weighted by atomic mass is 16.4. The van der Waals surface area contributed by atoms with Gasteiger partial charge in [0.2, 0.25) is 5.91 Å². The summed E-state index contributed by atoms with van der Waals surface area (Å²) < 4.78 is 0. The van der Waals surface area contributed by atoms with Crippen molar-refractivity contribution in [3.8, 4) is 0 Å². The molecule has 0 saturated carbocycles. The molecule has 1 atom stereocenters. The maximum Gasteiger partial charge on any atom is 0.303 e. The Morgan fingerprint density at radius 2 is 2.12 bits per heavy atom. The average molecular weight is 228 g/mol. The molecule has 16 heavy (non-hydrogen) atoms. The third kappa shape index (κ3) is 3.81. The van der Waals surface area contributed by atoms with Crippen LogP contribution in [0.3, 0.4) is 0 Å². The number of nitrogens with one attached hydrogen (secondary N) is 1. The topological polar surface area (TPSA) is 69.6 Å². The van der Waals surface area contributed by atoms with Crippen molar-refractivity contribution in [2.24, 2.45) is 5.92 Å². The highest BCUT2D eigenvalue weighted by Crippen LogP contribution is 2.18. The van der Waals surface area contributed by atoms with E-state index in [0.29, 0.717) is 25.7 Å². The van der Waals surface area contributed by atoms with Gasteiger partial charge in [-0.3, -0.25) is 9.59 Å². The number of likely N-dealkylation sites (tertiary alicyclic amines) is 1. The molecule has 0 aromatic rings. The van der Waals surface area contributed by atoms with E-state index in [4.69, 9.17) is 5.11 Å². The third-order valence-corrected chi connectivity index (χ3v) is 2.99. The number of carboxylic acids is 1. The number of amides is 1. The first-order chi connectivity index (χ1) is 7.52. The summed E-state index contributed by atoms with van der Waals surface area (Å²) in [5.74, 6) is -0.568. The minimum Gasteiger partial charge on any atom is -0.481 e. The van der Waals surface area contributed by atoms with Gasteiger partial charge in [0.05, 0.1) is 13.0 Å². The predicted molar refractivity (Wildman–Crippen MR) is 60.1 cm³/mol. The SMILES string of the molecule is CCC(C)NCC(=O)N1CC(CC(=O)O)C1. The summed E-state index contributed by atoms with van der Waals surface area (Å²) in [6.07, 6.45) is 1.16. The van der Waals surface area contributed by atoms with Crippen molar-refractivity contribution in [3.05, 3.63) is 0 Å². The number of hydrogen-bond acceptors (Lipinski definition) is 3. The molecule has 2 N–H and O–H groups in total. The molecule has 1 saturated heterocycles. The van der Waals surface area contributed by atoms with Gasteiger partial charge in [0.25, 0.3) is 0 Å². The molecule has 1 aliphatic rings. The standard InChI is InChI=1S/C11H20N2O3/c1-3-8(2)12-5-10(14)13-6-9(7-13)4-11(15)16/h8-9,12H,3-7H2,1-2H3,(H,15,16). The highest BCUT2D eigenvalue weighted by Gasteiger charge is 2.31. The molecule has 1 fully saturated rings. The molecule has 1 heterocycles. The number of carboxylic acid groups (broad SMARTS) is 1. The van der Waals surface area contributed by atoms with E-state index in [0.717, 1.165) is 6.42 Å². The number of carbonyl (C=O) groups is 2. The zero-order chi connectivity index (χ0) is 12.1. The van der Waals surface area contributed by atoms with Crippen LogP contribution >= 0.6 is 0 Å². The van der Waals surface area contributed by atoms with Gasteiger partial charge < -0.3 is 15.3 Å². The van der Waals surface area contributed by atoms with Gasteiger partial charge in [0.15, 0.2) is 0 Å². The molecule has 1 unspecified atom stereocenters. The Balaban J connectivity index is 2.14. The number of rotatable bonds is 6. The molecule has 0 radical (unpaired) electrons.